The standard InChI is InChI=1S/C35H44FN7O4.C35H45N7O4/c1-23-18-24(19-26-21-37-39-31(23)26)20-30(33(44)41-16-14-40(15-17-41)27-7-3-2-4-8-27)47-35(46)42-12-10-28(11-13-42)43-22-25-6-5-9-29(36)32(25)38-34(43)45;1-24-19-25(20-27-22-36-38-32(24)27)21-31(33(43)40-17-15-39(16-18-40)28-8-3-2-4-9-28)46-35(45)41-13-11-29(12-14-41)42-23-26-7-5-6-10-30(26)37-34(42)44/h5-6,9,18-19,21,27-28,30H,2-4,7-8,10-17,20,22H2,1H3,(H,37,39)(H,38,45);5-7,10,19-20,22,28-29,31H,2-4,8-9,11-18,21,23H2,1H3,(H,36,38)(H,37,44). The van der Waals surface area contributed by atoms with E-state index in [9.17, 15) is 33.2 Å². The molecule has 8 heterocycles. The van der Waals surface area contributed by atoms with E-state index in [0.717, 1.165) is 87.1 Å². The van der Waals surface area contributed by atoms with Crippen LogP contribution in [-0.2, 0) is 45.0 Å². The van der Waals surface area contributed by atoms with E-state index in [1.807, 2.05) is 83.1 Å². The highest BCUT2D eigenvalue weighted by atomic mass is 19.1. The van der Waals surface area contributed by atoms with Gasteiger partial charge in [-0.2, -0.15) is 10.2 Å². The number of urea groups is 2. The molecule has 2 unspecified atom stereocenters. The van der Waals surface area contributed by atoms with E-state index < -0.39 is 30.2 Å². The summed E-state index contributed by atoms with van der Waals surface area (Å²) in [6.07, 6.45) is 16.4. The van der Waals surface area contributed by atoms with Crippen molar-refractivity contribution in [2.24, 2.45) is 0 Å². The van der Waals surface area contributed by atoms with E-state index in [2.05, 4.69) is 40.8 Å². The van der Waals surface area contributed by atoms with Crippen molar-refractivity contribution in [2.75, 3.05) is 89.2 Å². The molecular formula is C70H89FN14O8. The Bertz CT molecular complexity index is 3660. The molecule has 4 N–H and O–H groups in total. The topological polar surface area (TPSA) is 228 Å². The Morgan fingerprint density at radius 3 is 1.43 bits per heavy atom. The van der Waals surface area contributed by atoms with Crippen LogP contribution in [0.1, 0.15) is 123 Å². The summed E-state index contributed by atoms with van der Waals surface area (Å²) >= 11 is 0. The number of piperidine rings is 2. The summed E-state index contributed by atoms with van der Waals surface area (Å²) in [5.74, 6) is -0.722. The molecule has 6 aliphatic heterocycles. The largest absolute Gasteiger partial charge is 0.436 e. The first kappa shape index (κ1) is 63.4. The number of amides is 8. The van der Waals surface area contributed by atoms with Gasteiger partial charge in [-0.3, -0.25) is 29.6 Å². The number of aromatic nitrogens is 4. The van der Waals surface area contributed by atoms with Crippen molar-refractivity contribution in [1.29, 1.82) is 0 Å². The zero-order chi connectivity index (χ0) is 64.1. The Labute approximate surface area is 542 Å². The molecule has 23 heteroatoms. The Morgan fingerprint density at radius 1 is 0.505 bits per heavy atom. The van der Waals surface area contributed by atoms with Crippen molar-refractivity contribution in [1.82, 2.24) is 59.6 Å². The number of nitrogens with one attached hydrogen (secondary N) is 4. The predicted octanol–water partition coefficient (Wildman–Crippen LogP) is 9.96. The second kappa shape index (κ2) is 28.5. The summed E-state index contributed by atoms with van der Waals surface area (Å²) in [7, 11) is 0. The Hall–Kier alpha value is -8.31. The van der Waals surface area contributed by atoms with Gasteiger partial charge in [0.15, 0.2) is 12.2 Å². The zero-order valence-electron chi connectivity index (χ0n) is 53.8. The minimum Gasteiger partial charge on any atom is -0.436 e. The Kier molecular flexibility index (Phi) is 19.4. The highest BCUT2D eigenvalue weighted by Gasteiger charge is 2.40. The lowest BCUT2D eigenvalue weighted by molar-refractivity contribution is -0.143. The number of nitrogens with zero attached hydrogens (tertiary/aromatic N) is 10. The number of para-hydroxylation sites is 2. The normalized spacial score (nSPS) is 20.7. The lowest BCUT2D eigenvalue weighted by Crippen LogP contribution is -2.55. The van der Waals surface area contributed by atoms with Crippen LogP contribution in [0.3, 0.4) is 0 Å². The molecule has 494 valence electrons. The number of carbonyl (C=O) groups is 6. The average molecular weight is 1270 g/mol. The number of ether oxygens (including phenoxy) is 2. The zero-order valence-corrected chi connectivity index (χ0v) is 53.8. The number of halogens is 1. The van der Waals surface area contributed by atoms with Crippen LogP contribution < -0.4 is 10.6 Å². The molecule has 6 fully saturated rings. The number of aryl methyl sites for hydroxylation is 2. The van der Waals surface area contributed by atoms with Crippen LogP contribution in [0.2, 0.25) is 0 Å². The number of rotatable bonds is 12. The van der Waals surface area contributed by atoms with Gasteiger partial charge in [-0.05, 0) is 123 Å². The molecule has 0 bridgehead atoms. The van der Waals surface area contributed by atoms with Gasteiger partial charge in [0.2, 0.25) is 0 Å². The van der Waals surface area contributed by atoms with Crippen LogP contribution in [0.25, 0.3) is 21.8 Å². The molecule has 8 amide bonds. The van der Waals surface area contributed by atoms with E-state index in [1.54, 1.807) is 33.2 Å². The fourth-order valence-electron chi connectivity index (χ4n) is 15.8. The summed E-state index contributed by atoms with van der Waals surface area (Å²) in [5, 5.41) is 22.0. The molecule has 6 aromatic rings. The lowest BCUT2D eigenvalue weighted by atomic mass is 9.94. The molecule has 2 saturated carbocycles. The molecule has 14 rings (SSSR count). The van der Waals surface area contributed by atoms with E-state index in [-0.39, 0.29) is 48.1 Å². The number of hydrogen-bond acceptors (Lipinski definition) is 12. The third-order valence-corrected chi connectivity index (χ3v) is 21.0. The number of hydrogen-bond donors (Lipinski definition) is 4. The minimum atomic E-state index is -0.954. The second-order valence-corrected chi connectivity index (χ2v) is 26.9. The highest BCUT2D eigenvalue weighted by molar-refractivity contribution is 5.94. The van der Waals surface area contributed by atoms with Gasteiger partial charge < -0.3 is 49.5 Å². The van der Waals surface area contributed by atoms with Crippen LogP contribution in [0.4, 0.5) is 34.9 Å². The molecule has 0 spiro atoms. The van der Waals surface area contributed by atoms with Crippen LogP contribution in [0, 0.1) is 19.7 Å². The van der Waals surface area contributed by atoms with E-state index in [4.69, 9.17) is 9.47 Å². The maximum atomic E-state index is 14.2. The minimum absolute atomic E-state index is 0.0277. The fourth-order valence-corrected chi connectivity index (χ4v) is 15.8. The van der Waals surface area contributed by atoms with Gasteiger partial charge in [0.1, 0.15) is 5.82 Å². The summed E-state index contributed by atoms with van der Waals surface area (Å²) in [5.41, 5.74) is 8.75. The van der Waals surface area contributed by atoms with Crippen molar-refractivity contribution in [3.63, 3.8) is 0 Å². The number of benzene rings is 4. The molecule has 2 aliphatic carbocycles. The molecule has 0 radical (unpaired) electrons. The summed E-state index contributed by atoms with van der Waals surface area (Å²) in [6, 6.07) is 21.5. The number of carbonyl (C=O) groups excluding carboxylic acids is 6. The molecular weight excluding hydrogens is 1180 g/mol. The summed E-state index contributed by atoms with van der Waals surface area (Å²) < 4.78 is 26.4. The number of likely N-dealkylation sites (tertiary alicyclic amines) is 2. The van der Waals surface area contributed by atoms with Crippen LogP contribution in [0.15, 0.2) is 79.1 Å². The number of anilines is 2. The number of H-pyrrole nitrogens is 2. The maximum absolute atomic E-state index is 14.2. The third-order valence-electron chi connectivity index (χ3n) is 21.0. The van der Waals surface area contributed by atoms with Crippen molar-refractivity contribution < 1.29 is 42.6 Å². The van der Waals surface area contributed by atoms with Crippen LogP contribution in [0.5, 0.6) is 0 Å². The number of aromatic amines is 2. The summed E-state index contributed by atoms with van der Waals surface area (Å²) in [6.45, 7) is 12.6. The van der Waals surface area contributed by atoms with Crippen molar-refractivity contribution in [3.05, 3.63) is 118 Å². The van der Waals surface area contributed by atoms with E-state index in [0.29, 0.717) is 110 Å². The first-order valence-electron chi connectivity index (χ1n) is 34.1. The maximum Gasteiger partial charge on any atom is 0.410 e. The first-order chi connectivity index (χ1) is 45.3. The van der Waals surface area contributed by atoms with Gasteiger partial charge in [-0.1, -0.05) is 81.0 Å². The van der Waals surface area contributed by atoms with Gasteiger partial charge in [0.05, 0.1) is 29.1 Å². The second-order valence-electron chi connectivity index (χ2n) is 26.9. The Morgan fingerprint density at radius 2 is 0.946 bits per heavy atom. The van der Waals surface area contributed by atoms with E-state index >= 15 is 0 Å². The molecule has 22 nitrogen and oxygen atoms in total. The van der Waals surface area contributed by atoms with Gasteiger partial charge in [0.25, 0.3) is 11.8 Å². The average Bonchev–Trinajstić information content (AvgIpc) is 1.38. The Balaban J connectivity index is 0.000000169. The molecule has 8 aliphatic rings. The van der Waals surface area contributed by atoms with E-state index in [1.165, 1.54) is 70.3 Å². The predicted molar refractivity (Wildman–Crippen MR) is 351 cm³/mol. The smallest absolute Gasteiger partial charge is 0.410 e. The van der Waals surface area contributed by atoms with Crippen LogP contribution in [-0.4, -0.2) is 211 Å². The highest BCUT2D eigenvalue weighted by Crippen LogP contribution is 2.33. The molecule has 2 atom stereocenters. The molecule has 4 saturated heterocycles. The lowest BCUT2D eigenvalue weighted by Gasteiger charge is -2.42. The van der Waals surface area contributed by atoms with Crippen molar-refractivity contribution in [2.45, 2.75) is 166 Å². The molecule has 93 heavy (non-hydrogen) atoms. The fraction of sp³-hybridized carbons (Fsp3) is 0.543. The number of fused-ring (bicyclic) bond motifs is 4. The number of piperazine rings is 2. The third kappa shape index (κ3) is 14.4. The quantitative estimate of drug-likeness (QED) is 0.0898. The summed E-state index contributed by atoms with van der Waals surface area (Å²) in [4.78, 5) is 96.8. The van der Waals surface area contributed by atoms with Crippen molar-refractivity contribution >= 4 is 69.2 Å². The van der Waals surface area contributed by atoms with Gasteiger partial charge in [-0.15, -0.1) is 0 Å². The van der Waals surface area contributed by atoms with Gasteiger partial charge in [0, 0.05) is 145 Å². The van der Waals surface area contributed by atoms with Gasteiger partial charge in [-0.25, -0.2) is 23.6 Å². The molecule has 2 aromatic heterocycles. The SMILES string of the molecule is Cc1cc(CC(OC(=O)N2CCC(N3Cc4cccc(F)c4NC3=O)CC2)C(=O)N2CCN(C3CCCCC3)CC2)cc2cn[nH]c12.Cc1cc(CC(OC(=O)N2CCC(N3Cc4ccccc4NC3=O)CC2)C(=O)N2CCN(C3CCCCC3)CC2)cc2cn[nH]c12. The first-order valence-corrected chi connectivity index (χ1v) is 34.1. The van der Waals surface area contributed by atoms with Crippen molar-refractivity contribution in [3.8, 4) is 0 Å². The van der Waals surface area contributed by atoms with Gasteiger partial charge >= 0.3 is 24.2 Å². The molecule has 4 aromatic carbocycles. The monoisotopic (exact) mass is 1270 g/mol. The van der Waals surface area contributed by atoms with Crippen LogP contribution >= 0.6 is 0 Å².